The number of methoxy groups -OCH3 is 1. The van der Waals surface area contributed by atoms with Gasteiger partial charge in [0.05, 0.1) is 5.69 Å². The molecule has 0 saturated carbocycles. The predicted molar refractivity (Wildman–Crippen MR) is 79.7 cm³/mol. The second-order valence-corrected chi connectivity index (χ2v) is 5.62. The first kappa shape index (κ1) is 15.5. The van der Waals surface area contributed by atoms with Gasteiger partial charge in [0.1, 0.15) is 12.5 Å². The van der Waals surface area contributed by atoms with E-state index in [1.54, 1.807) is 32.0 Å². The number of hydrogen-bond acceptors (Lipinski definition) is 4. The minimum absolute atomic E-state index is 0.0648. The number of nitrogens with zero attached hydrogens (tertiary/aromatic N) is 1. The first-order chi connectivity index (χ1) is 9.90. The minimum Gasteiger partial charge on any atom is -0.476 e. The van der Waals surface area contributed by atoms with Crippen molar-refractivity contribution in [3.05, 3.63) is 23.8 Å². The minimum atomic E-state index is -0.944. The number of amides is 1. The molecule has 0 unspecified atom stereocenters. The Bertz CT molecular complexity index is 565. The summed E-state index contributed by atoms with van der Waals surface area (Å²) in [4.78, 5) is 26.0. The lowest BCUT2D eigenvalue weighted by atomic mass is 10.0. The van der Waals surface area contributed by atoms with Gasteiger partial charge < -0.3 is 9.47 Å². The van der Waals surface area contributed by atoms with Gasteiger partial charge in [0, 0.05) is 19.1 Å². The summed E-state index contributed by atoms with van der Waals surface area (Å²) in [5.41, 5.74) is 0.233. The van der Waals surface area contributed by atoms with Crippen molar-refractivity contribution in [2.75, 3.05) is 18.7 Å². The smallest absolute Gasteiger partial charge is 0.272 e. The Kier molecular flexibility index (Phi) is 4.32. The fraction of sp³-hybridized carbons (Fsp3) is 0.500. The first-order valence-corrected chi connectivity index (χ1v) is 7.08. The first-order valence-electron chi connectivity index (χ1n) is 7.08. The Balaban J connectivity index is 2.45. The quantitative estimate of drug-likeness (QED) is 0.783. The average molecular weight is 291 g/mol. The van der Waals surface area contributed by atoms with Crippen LogP contribution in [0.1, 0.15) is 44.0 Å². The molecule has 0 fully saturated rings. The molecule has 1 amide bonds. The molecule has 5 heteroatoms. The van der Waals surface area contributed by atoms with E-state index < -0.39 is 5.60 Å². The van der Waals surface area contributed by atoms with Gasteiger partial charge in [0.25, 0.3) is 5.91 Å². The summed E-state index contributed by atoms with van der Waals surface area (Å²) in [7, 11) is 1.53. The van der Waals surface area contributed by atoms with Crippen LogP contribution in [0.2, 0.25) is 0 Å². The van der Waals surface area contributed by atoms with Crippen molar-refractivity contribution < 1.29 is 19.1 Å². The number of Topliss-reactive ketones (excluding diaryl/α,β-unsaturated/α-hetero) is 1. The molecular formula is C16H21NO4. The number of fused-ring (bicyclic) bond motifs is 1. The fourth-order valence-electron chi connectivity index (χ4n) is 2.37. The molecule has 0 radical (unpaired) electrons. The topological polar surface area (TPSA) is 55.8 Å². The van der Waals surface area contributed by atoms with Crippen LogP contribution >= 0.6 is 0 Å². The van der Waals surface area contributed by atoms with Crippen molar-refractivity contribution in [3.63, 3.8) is 0 Å². The molecule has 0 aromatic heterocycles. The van der Waals surface area contributed by atoms with E-state index in [0.29, 0.717) is 23.4 Å². The second-order valence-electron chi connectivity index (χ2n) is 5.62. The molecular weight excluding hydrogens is 270 g/mol. The molecule has 0 bridgehead atoms. The third-order valence-corrected chi connectivity index (χ3v) is 3.43. The van der Waals surface area contributed by atoms with Crippen molar-refractivity contribution in [3.8, 4) is 5.75 Å². The van der Waals surface area contributed by atoms with Crippen LogP contribution in [0.3, 0.4) is 0 Å². The van der Waals surface area contributed by atoms with Gasteiger partial charge in [-0.05, 0) is 38.5 Å². The number of benzene rings is 1. The summed E-state index contributed by atoms with van der Waals surface area (Å²) in [5, 5.41) is 0. The Hall–Kier alpha value is -1.88. The van der Waals surface area contributed by atoms with Crippen LogP contribution in [0.4, 0.5) is 5.69 Å². The maximum absolute atomic E-state index is 12.4. The maximum atomic E-state index is 12.4. The van der Waals surface area contributed by atoms with Crippen LogP contribution in [0.25, 0.3) is 0 Å². The van der Waals surface area contributed by atoms with Gasteiger partial charge >= 0.3 is 0 Å². The van der Waals surface area contributed by atoms with Crippen molar-refractivity contribution in [1.82, 2.24) is 0 Å². The van der Waals surface area contributed by atoms with Crippen molar-refractivity contribution >= 4 is 17.4 Å². The van der Waals surface area contributed by atoms with E-state index in [-0.39, 0.29) is 18.4 Å². The standard InChI is InChI=1S/C16H21NO4/c1-5-6-13(18)11-7-8-14-12(9-11)17(10-20-4)15(19)16(2,3)21-14/h7-9H,5-6,10H2,1-4H3. The third-order valence-electron chi connectivity index (χ3n) is 3.43. The zero-order valence-electron chi connectivity index (χ0n) is 12.9. The molecule has 0 aliphatic carbocycles. The molecule has 1 aliphatic heterocycles. The van der Waals surface area contributed by atoms with Crippen molar-refractivity contribution in [2.45, 2.75) is 39.2 Å². The number of carbonyl (C=O) groups excluding carboxylic acids is 2. The molecule has 5 nitrogen and oxygen atoms in total. The van der Waals surface area contributed by atoms with Crippen LogP contribution in [-0.4, -0.2) is 31.1 Å². The van der Waals surface area contributed by atoms with E-state index in [4.69, 9.17) is 9.47 Å². The van der Waals surface area contributed by atoms with Crippen LogP contribution in [-0.2, 0) is 9.53 Å². The SMILES string of the molecule is CCCC(=O)c1ccc2c(c1)N(COC)C(=O)C(C)(C)O2. The number of hydrogen-bond donors (Lipinski definition) is 0. The van der Waals surface area contributed by atoms with E-state index in [2.05, 4.69) is 0 Å². The number of ether oxygens (including phenoxy) is 2. The number of anilines is 1. The molecule has 1 aliphatic rings. The van der Waals surface area contributed by atoms with Gasteiger partial charge in [-0.25, -0.2) is 0 Å². The van der Waals surface area contributed by atoms with Crippen LogP contribution in [0.5, 0.6) is 5.75 Å². The van der Waals surface area contributed by atoms with Crippen LogP contribution < -0.4 is 9.64 Å². The van der Waals surface area contributed by atoms with E-state index in [0.717, 1.165) is 6.42 Å². The monoisotopic (exact) mass is 291 g/mol. The molecule has 114 valence electrons. The lowest BCUT2D eigenvalue weighted by molar-refractivity contribution is -0.133. The van der Waals surface area contributed by atoms with Gasteiger partial charge in [0.15, 0.2) is 11.4 Å². The molecule has 0 N–H and O–H groups in total. The zero-order valence-corrected chi connectivity index (χ0v) is 12.9. The Morgan fingerprint density at radius 1 is 1.38 bits per heavy atom. The Morgan fingerprint density at radius 2 is 2.10 bits per heavy atom. The summed E-state index contributed by atoms with van der Waals surface area (Å²) >= 11 is 0. The molecule has 0 atom stereocenters. The highest BCUT2D eigenvalue weighted by atomic mass is 16.5. The van der Waals surface area contributed by atoms with Crippen LogP contribution in [0.15, 0.2) is 18.2 Å². The van der Waals surface area contributed by atoms with Gasteiger partial charge in [-0.1, -0.05) is 6.92 Å². The Labute approximate surface area is 124 Å². The summed E-state index contributed by atoms with van der Waals surface area (Å²) in [6.45, 7) is 5.53. The highest BCUT2D eigenvalue weighted by molar-refractivity contribution is 6.04. The summed E-state index contributed by atoms with van der Waals surface area (Å²) in [6.07, 6.45) is 1.28. The largest absolute Gasteiger partial charge is 0.476 e. The summed E-state index contributed by atoms with van der Waals surface area (Å²) < 4.78 is 10.9. The second kappa shape index (κ2) is 5.85. The van der Waals surface area contributed by atoms with Gasteiger partial charge in [-0.2, -0.15) is 0 Å². The molecule has 1 aromatic rings. The summed E-state index contributed by atoms with van der Waals surface area (Å²) in [5.74, 6) is 0.469. The summed E-state index contributed by atoms with van der Waals surface area (Å²) in [6, 6.07) is 5.20. The highest BCUT2D eigenvalue weighted by Gasteiger charge is 2.41. The van der Waals surface area contributed by atoms with Gasteiger partial charge in [-0.15, -0.1) is 0 Å². The van der Waals surface area contributed by atoms with Crippen molar-refractivity contribution in [1.29, 1.82) is 0 Å². The molecule has 0 saturated heterocycles. The number of rotatable bonds is 5. The normalized spacial score (nSPS) is 16.4. The Morgan fingerprint density at radius 3 is 2.71 bits per heavy atom. The zero-order chi connectivity index (χ0) is 15.6. The van der Waals surface area contributed by atoms with Crippen LogP contribution in [0, 0.1) is 0 Å². The molecule has 1 aromatic carbocycles. The molecule has 21 heavy (non-hydrogen) atoms. The highest BCUT2D eigenvalue weighted by Crippen LogP contribution is 2.38. The average Bonchev–Trinajstić information content (AvgIpc) is 2.43. The lowest BCUT2D eigenvalue weighted by Crippen LogP contribution is -2.53. The predicted octanol–water partition coefficient (Wildman–Crippen LogP) is 2.78. The van der Waals surface area contributed by atoms with E-state index >= 15 is 0 Å². The van der Waals surface area contributed by atoms with E-state index in [9.17, 15) is 9.59 Å². The molecule has 0 spiro atoms. The van der Waals surface area contributed by atoms with Crippen molar-refractivity contribution in [2.24, 2.45) is 0 Å². The third kappa shape index (κ3) is 2.93. The number of ketones is 1. The maximum Gasteiger partial charge on any atom is 0.272 e. The van der Waals surface area contributed by atoms with E-state index in [1.165, 1.54) is 12.0 Å². The molecule has 2 rings (SSSR count). The van der Waals surface area contributed by atoms with Gasteiger partial charge in [0.2, 0.25) is 0 Å². The van der Waals surface area contributed by atoms with Gasteiger partial charge in [-0.3, -0.25) is 14.5 Å². The number of carbonyl (C=O) groups is 2. The fourth-order valence-corrected chi connectivity index (χ4v) is 2.37. The molecule has 1 heterocycles. The lowest BCUT2D eigenvalue weighted by Gasteiger charge is -2.38. The van der Waals surface area contributed by atoms with E-state index in [1.807, 2.05) is 6.92 Å².